The Morgan fingerprint density at radius 3 is 2.44 bits per heavy atom. The Labute approximate surface area is 186 Å². The van der Waals surface area contributed by atoms with Crippen molar-refractivity contribution in [1.82, 2.24) is 0 Å². The van der Waals surface area contributed by atoms with Gasteiger partial charge < -0.3 is 38.6 Å². The van der Waals surface area contributed by atoms with Crippen LogP contribution in [0.1, 0.15) is 11.1 Å². The number of methoxy groups -OCH3 is 3. The van der Waals surface area contributed by atoms with Gasteiger partial charge in [-0.15, -0.1) is 0 Å². The van der Waals surface area contributed by atoms with E-state index in [0.717, 1.165) is 5.56 Å². The molecule has 0 radical (unpaired) electrons. The molecule has 3 rings (SSSR count). The van der Waals surface area contributed by atoms with Crippen LogP contribution in [0.3, 0.4) is 0 Å². The van der Waals surface area contributed by atoms with Gasteiger partial charge in [-0.25, -0.2) is 4.79 Å². The molecule has 9 nitrogen and oxygen atoms in total. The molecule has 174 valence electrons. The minimum Gasteiger partial charge on any atom is -0.493 e. The smallest absolute Gasteiger partial charge is 0.336 e. The fourth-order valence-electron chi connectivity index (χ4n) is 3.69. The molecule has 1 aliphatic heterocycles. The van der Waals surface area contributed by atoms with Gasteiger partial charge in [0.15, 0.2) is 28.6 Å². The van der Waals surface area contributed by atoms with Crippen LogP contribution >= 0.6 is 0 Å². The molecule has 0 saturated heterocycles. The predicted octanol–water partition coefficient (Wildman–Crippen LogP) is 2.27. The monoisotopic (exact) mass is 448 g/mol. The summed E-state index contributed by atoms with van der Waals surface area (Å²) in [5.41, 5.74) is -0.753. The molecule has 1 heterocycles. The lowest BCUT2D eigenvalue weighted by Crippen LogP contribution is -2.50. The molecule has 0 fully saturated rings. The number of hydrogen-bond donors (Lipinski definition) is 2. The van der Waals surface area contributed by atoms with Crippen LogP contribution < -0.4 is 18.9 Å². The predicted molar refractivity (Wildman–Crippen MR) is 113 cm³/mol. The summed E-state index contributed by atoms with van der Waals surface area (Å²) in [4.78, 5) is 12.3. The summed E-state index contributed by atoms with van der Waals surface area (Å²) in [6, 6.07) is 10.4. The van der Waals surface area contributed by atoms with Crippen molar-refractivity contribution in [2.24, 2.45) is 5.92 Å². The molecule has 2 N–H and O–H groups in total. The fraction of sp³-hybridized carbons (Fsp3) is 0.435. The highest BCUT2D eigenvalue weighted by molar-refractivity contribution is 5.78. The van der Waals surface area contributed by atoms with Crippen LogP contribution in [-0.2, 0) is 27.1 Å². The number of fused-ring (bicyclic) bond motifs is 1. The number of aliphatic hydroxyl groups is 1. The molecule has 0 amide bonds. The zero-order chi connectivity index (χ0) is 23.1. The number of carbonyl (C=O) groups is 1. The van der Waals surface area contributed by atoms with Crippen LogP contribution in [0.25, 0.3) is 0 Å². The van der Waals surface area contributed by atoms with Crippen molar-refractivity contribution in [3.05, 3.63) is 47.5 Å². The summed E-state index contributed by atoms with van der Waals surface area (Å²) in [6.45, 7) is 0.0481. The molecule has 0 aliphatic carbocycles. The summed E-state index contributed by atoms with van der Waals surface area (Å²) in [5, 5.41) is 21.4. The molecule has 1 aliphatic rings. The van der Waals surface area contributed by atoms with Crippen molar-refractivity contribution in [2.75, 3.05) is 41.5 Å². The SMILES string of the molecule is COCOC[C@@H](Cc1ccc(OC)c(OC)c1)[C@@](O)(Cc1ccc2c(c1)OCO2)C(=O)O. The molecule has 2 aromatic carbocycles. The number of ether oxygens (including phenoxy) is 6. The first-order valence-electron chi connectivity index (χ1n) is 10.0. The van der Waals surface area contributed by atoms with Crippen molar-refractivity contribution in [2.45, 2.75) is 18.4 Å². The maximum Gasteiger partial charge on any atom is 0.336 e. The average molecular weight is 448 g/mol. The first kappa shape index (κ1) is 23.6. The zero-order valence-electron chi connectivity index (χ0n) is 18.3. The number of carboxylic acids is 1. The molecule has 2 atom stereocenters. The Bertz CT molecular complexity index is 930. The van der Waals surface area contributed by atoms with Gasteiger partial charge in [0.05, 0.1) is 20.8 Å². The van der Waals surface area contributed by atoms with E-state index in [4.69, 9.17) is 28.4 Å². The third-order valence-electron chi connectivity index (χ3n) is 5.41. The van der Waals surface area contributed by atoms with Crippen LogP contribution in [0.15, 0.2) is 36.4 Å². The molecule has 2 aromatic rings. The molecule has 0 unspecified atom stereocenters. The number of benzene rings is 2. The molecule has 0 saturated carbocycles. The third kappa shape index (κ3) is 5.24. The van der Waals surface area contributed by atoms with Gasteiger partial charge in [0.25, 0.3) is 0 Å². The van der Waals surface area contributed by atoms with E-state index in [1.54, 1.807) is 36.4 Å². The van der Waals surface area contributed by atoms with Crippen molar-refractivity contribution in [3.63, 3.8) is 0 Å². The Morgan fingerprint density at radius 1 is 1.03 bits per heavy atom. The average Bonchev–Trinajstić information content (AvgIpc) is 3.26. The quantitative estimate of drug-likeness (QED) is 0.373. The second kappa shape index (κ2) is 10.5. The maximum atomic E-state index is 12.3. The van der Waals surface area contributed by atoms with Crippen LogP contribution in [0.4, 0.5) is 0 Å². The second-order valence-corrected chi connectivity index (χ2v) is 7.46. The van der Waals surface area contributed by atoms with Gasteiger partial charge in [0, 0.05) is 19.4 Å². The standard InChI is InChI=1S/C23H28O9/c1-27-13-30-12-17(8-15-4-6-18(28-2)20(9-15)29-3)23(26,22(24)25)11-16-5-7-19-21(10-16)32-14-31-19/h4-7,9-10,17,26H,8,11-14H2,1-3H3,(H,24,25)/t17-,23+/m1/s1. The lowest BCUT2D eigenvalue weighted by atomic mass is 9.79. The molecule has 0 aromatic heterocycles. The van der Waals surface area contributed by atoms with Gasteiger partial charge in [-0.3, -0.25) is 0 Å². The molecular weight excluding hydrogens is 420 g/mol. The summed E-state index contributed by atoms with van der Waals surface area (Å²) < 4.78 is 31.7. The Morgan fingerprint density at radius 2 is 1.75 bits per heavy atom. The van der Waals surface area contributed by atoms with E-state index in [1.165, 1.54) is 21.3 Å². The number of hydrogen-bond acceptors (Lipinski definition) is 8. The van der Waals surface area contributed by atoms with Gasteiger partial charge in [-0.1, -0.05) is 12.1 Å². The van der Waals surface area contributed by atoms with Gasteiger partial charge in [-0.05, 0) is 41.8 Å². The molecular formula is C23H28O9. The number of rotatable bonds is 12. The minimum atomic E-state index is -2.12. The van der Waals surface area contributed by atoms with Crippen LogP contribution in [0, 0.1) is 5.92 Å². The topological polar surface area (TPSA) is 113 Å². The second-order valence-electron chi connectivity index (χ2n) is 7.46. The van der Waals surface area contributed by atoms with Crippen molar-refractivity contribution < 1.29 is 43.4 Å². The van der Waals surface area contributed by atoms with Gasteiger partial charge in [0.2, 0.25) is 6.79 Å². The number of carboxylic acid groups (broad SMARTS) is 1. The van der Waals surface area contributed by atoms with Crippen molar-refractivity contribution in [3.8, 4) is 23.0 Å². The largest absolute Gasteiger partial charge is 0.493 e. The summed E-state index contributed by atoms with van der Waals surface area (Å²) >= 11 is 0. The zero-order valence-corrected chi connectivity index (χ0v) is 18.3. The maximum absolute atomic E-state index is 12.3. The first-order chi connectivity index (χ1) is 15.4. The highest BCUT2D eigenvalue weighted by atomic mass is 16.7. The Balaban J connectivity index is 1.90. The highest BCUT2D eigenvalue weighted by Crippen LogP contribution is 2.36. The van der Waals surface area contributed by atoms with Crippen LogP contribution in [-0.4, -0.2) is 63.3 Å². The third-order valence-corrected chi connectivity index (χ3v) is 5.41. The van der Waals surface area contributed by atoms with Crippen LogP contribution in [0.5, 0.6) is 23.0 Å². The van der Waals surface area contributed by atoms with Gasteiger partial charge in [0.1, 0.15) is 6.79 Å². The van der Waals surface area contributed by atoms with E-state index < -0.39 is 17.5 Å². The normalized spacial score (nSPS) is 15.1. The Kier molecular flexibility index (Phi) is 7.79. The summed E-state index contributed by atoms with van der Waals surface area (Å²) in [7, 11) is 4.53. The van der Waals surface area contributed by atoms with E-state index in [1.807, 2.05) is 0 Å². The minimum absolute atomic E-state index is 0.0256. The lowest BCUT2D eigenvalue weighted by Gasteiger charge is -2.33. The van der Waals surface area contributed by atoms with Crippen molar-refractivity contribution in [1.29, 1.82) is 0 Å². The van der Waals surface area contributed by atoms with Crippen LogP contribution in [0.2, 0.25) is 0 Å². The summed E-state index contributed by atoms with van der Waals surface area (Å²) in [5.74, 6) is 0.0223. The molecule has 32 heavy (non-hydrogen) atoms. The van der Waals surface area contributed by atoms with E-state index in [0.29, 0.717) is 28.6 Å². The lowest BCUT2D eigenvalue weighted by molar-refractivity contribution is -0.170. The first-order valence-corrected chi connectivity index (χ1v) is 10.0. The highest BCUT2D eigenvalue weighted by Gasteiger charge is 2.44. The van der Waals surface area contributed by atoms with Gasteiger partial charge in [-0.2, -0.15) is 0 Å². The fourth-order valence-corrected chi connectivity index (χ4v) is 3.69. The molecule has 9 heteroatoms. The summed E-state index contributed by atoms with van der Waals surface area (Å²) in [6.07, 6.45) is 0.0741. The van der Waals surface area contributed by atoms with E-state index >= 15 is 0 Å². The van der Waals surface area contributed by atoms with E-state index in [2.05, 4.69) is 0 Å². The van der Waals surface area contributed by atoms with Crippen molar-refractivity contribution >= 4 is 5.97 Å². The van der Waals surface area contributed by atoms with Gasteiger partial charge >= 0.3 is 5.97 Å². The van der Waals surface area contributed by atoms with E-state index in [-0.39, 0.29) is 33.0 Å². The Hall–Kier alpha value is -3.01. The molecule has 0 bridgehead atoms. The molecule has 0 spiro atoms. The number of aliphatic carboxylic acids is 1. The van der Waals surface area contributed by atoms with E-state index in [9.17, 15) is 15.0 Å².